The monoisotopic (exact) mass is 372 g/mol. The van der Waals surface area contributed by atoms with Gasteiger partial charge in [-0.1, -0.05) is 51.9 Å². The molecular weight excluding hydrogens is 344 g/mol. The highest BCUT2D eigenvalue weighted by atomic mass is 16.7. The minimum absolute atomic E-state index is 0.179. The second-order valence-corrected chi connectivity index (χ2v) is 6.46. The average molecular weight is 372 g/mol. The molecule has 0 saturated heterocycles. The molecule has 0 bridgehead atoms. The molecule has 0 unspecified atom stereocenters. The second-order valence-electron chi connectivity index (χ2n) is 6.46. The van der Waals surface area contributed by atoms with E-state index in [2.05, 4.69) is 16.9 Å². The molecule has 27 heavy (non-hydrogen) atoms. The zero-order chi connectivity index (χ0) is 19.3. The van der Waals surface area contributed by atoms with Crippen LogP contribution in [0.25, 0.3) is 11.4 Å². The molecule has 1 N–H and O–H groups in total. The molecule has 0 saturated carbocycles. The molecule has 6 nitrogen and oxygen atoms in total. The Morgan fingerprint density at radius 3 is 2.15 bits per heavy atom. The molecule has 0 aliphatic heterocycles. The highest BCUT2D eigenvalue weighted by molar-refractivity contribution is 5.63. The first-order valence-electron chi connectivity index (χ1n) is 9.65. The van der Waals surface area contributed by atoms with Crippen molar-refractivity contribution in [2.24, 2.45) is 0 Å². The molecule has 6 heteroatoms. The first-order chi connectivity index (χ1) is 13.2. The number of hydrogen-bond acceptors (Lipinski definition) is 6. The Kier molecular flexibility index (Phi) is 9.10. The summed E-state index contributed by atoms with van der Waals surface area (Å²) in [5.41, 5.74) is 0.761. The SMILES string of the molecule is CCCCCCCCCCOC(=O)Oc1cnc(-c2ccc(O)cc2)nc1. The van der Waals surface area contributed by atoms with Crippen molar-refractivity contribution in [1.82, 2.24) is 9.97 Å². The first-order valence-corrected chi connectivity index (χ1v) is 9.65. The van der Waals surface area contributed by atoms with E-state index in [0.717, 1.165) is 18.4 Å². The normalized spacial score (nSPS) is 10.6. The van der Waals surface area contributed by atoms with Crippen LogP contribution in [0.3, 0.4) is 0 Å². The zero-order valence-electron chi connectivity index (χ0n) is 15.9. The van der Waals surface area contributed by atoms with Gasteiger partial charge in [-0.05, 0) is 30.7 Å². The van der Waals surface area contributed by atoms with Crippen LogP contribution in [0.2, 0.25) is 0 Å². The molecule has 2 aromatic rings. The Labute approximate surface area is 160 Å². The van der Waals surface area contributed by atoms with Crippen LogP contribution in [0.4, 0.5) is 4.79 Å². The predicted octanol–water partition coefficient (Wildman–Crippen LogP) is 5.51. The van der Waals surface area contributed by atoms with E-state index < -0.39 is 6.16 Å². The van der Waals surface area contributed by atoms with Crippen molar-refractivity contribution in [2.45, 2.75) is 58.3 Å². The minimum Gasteiger partial charge on any atom is -0.508 e. The van der Waals surface area contributed by atoms with Crippen LogP contribution in [0.5, 0.6) is 11.5 Å². The number of carbonyl (C=O) groups excluding carboxylic acids is 1. The number of phenolic OH excluding ortho intramolecular Hbond substituents is 1. The Morgan fingerprint density at radius 2 is 1.52 bits per heavy atom. The molecule has 0 spiro atoms. The molecule has 146 valence electrons. The second kappa shape index (κ2) is 11.9. The van der Waals surface area contributed by atoms with Crippen LogP contribution in [-0.4, -0.2) is 27.8 Å². The molecule has 1 aromatic heterocycles. The van der Waals surface area contributed by atoms with Crippen molar-refractivity contribution in [3.8, 4) is 22.9 Å². The van der Waals surface area contributed by atoms with Gasteiger partial charge in [0.25, 0.3) is 0 Å². The third-order valence-corrected chi connectivity index (χ3v) is 4.17. The van der Waals surface area contributed by atoms with Crippen molar-refractivity contribution >= 4 is 6.16 Å². The molecule has 1 heterocycles. The van der Waals surface area contributed by atoms with Crippen LogP contribution in [0.15, 0.2) is 36.7 Å². The number of hydrogen-bond donors (Lipinski definition) is 1. The molecule has 0 aliphatic rings. The van der Waals surface area contributed by atoms with Crippen LogP contribution in [-0.2, 0) is 4.74 Å². The third kappa shape index (κ3) is 8.07. The van der Waals surface area contributed by atoms with Crippen molar-refractivity contribution in [2.75, 3.05) is 6.61 Å². The average Bonchev–Trinajstić information content (AvgIpc) is 2.68. The topological polar surface area (TPSA) is 81.5 Å². The van der Waals surface area contributed by atoms with Gasteiger partial charge in [-0.2, -0.15) is 0 Å². The largest absolute Gasteiger partial charge is 0.513 e. The molecule has 2 rings (SSSR count). The van der Waals surface area contributed by atoms with Gasteiger partial charge < -0.3 is 14.6 Å². The standard InChI is InChI=1S/C21H28N2O4/c1-2-3-4-5-6-7-8-9-14-26-21(25)27-19-15-22-20(23-16-19)17-10-12-18(24)13-11-17/h10-13,15-16,24H,2-9,14H2,1H3. The lowest BCUT2D eigenvalue weighted by molar-refractivity contribution is 0.0970. The third-order valence-electron chi connectivity index (χ3n) is 4.17. The highest BCUT2D eigenvalue weighted by Crippen LogP contribution is 2.19. The summed E-state index contributed by atoms with van der Waals surface area (Å²) in [7, 11) is 0. The molecular formula is C21H28N2O4. The Hall–Kier alpha value is -2.63. The van der Waals surface area contributed by atoms with Gasteiger partial charge >= 0.3 is 6.16 Å². The van der Waals surface area contributed by atoms with E-state index in [1.54, 1.807) is 24.3 Å². The fourth-order valence-electron chi connectivity index (χ4n) is 2.65. The van der Waals surface area contributed by atoms with Crippen molar-refractivity contribution in [3.63, 3.8) is 0 Å². The quantitative estimate of drug-likeness (QED) is 0.414. The Morgan fingerprint density at radius 1 is 0.926 bits per heavy atom. The maximum Gasteiger partial charge on any atom is 0.513 e. The molecule has 0 fully saturated rings. The number of aromatic hydroxyl groups is 1. The summed E-state index contributed by atoms with van der Waals surface area (Å²) < 4.78 is 10.1. The van der Waals surface area contributed by atoms with Crippen molar-refractivity contribution in [1.29, 1.82) is 0 Å². The summed E-state index contributed by atoms with van der Waals surface area (Å²) in [5.74, 6) is 0.894. The van der Waals surface area contributed by atoms with Gasteiger partial charge in [-0.15, -0.1) is 0 Å². The van der Waals surface area contributed by atoms with Gasteiger partial charge in [0, 0.05) is 5.56 Å². The van der Waals surface area contributed by atoms with E-state index in [0.29, 0.717) is 12.4 Å². The van der Waals surface area contributed by atoms with Gasteiger partial charge in [0.05, 0.1) is 19.0 Å². The number of benzene rings is 1. The maximum atomic E-state index is 11.7. The number of nitrogens with zero attached hydrogens (tertiary/aromatic N) is 2. The molecule has 0 atom stereocenters. The smallest absolute Gasteiger partial charge is 0.508 e. The molecule has 0 amide bonds. The van der Waals surface area contributed by atoms with Crippen LogP contribution in [0.1, 0.15) is 58.3 Å². The predicted molar refractivity (Wildman–Crippen MR) is 104 cm³/mol. The fourth-order valence-corrected chi connectivity index (χ4v) is 2.65. The zero-order valence-corrected chi connectivity index (χ0v) is 15.9. The lowest BCUT2D eigenvalue weighted by Crippen LogP contribution is -2.11. The fraction of sp³-hybridized carbons (Fsp3) is 0.476. The van der Waals surface area contributed by atoms with Gasteiger partial charge in [0.1, 0.15) is 5.75 Å². The van der Waals surface area contributed by atoms with Crippen LogP contribution < -0.4 is 4.74 Å². The van der Waals surface area contributed by atoms with Gasteiger partial charge in [-0.25, -0.2) is 14.8 Å². The van der Waals surface area contributed by atoms with E-state index in [-0.39, 0.29) is 11.5 Å². The number of rotatable bonds is 11. The Balaban J connectivity index is 1.62. The number of aromatic nitrogens is 2. The van der Waals surface area contributed by atoms with Crippen LogP contribution in [0, 0.1) is 0 Å². The Bertz CT molecular complexity index is 672. The summed E-state index contributed by atoms with van der Waals surface area (Å²) in [6.45, 7) is 2.58. The maximum absolute atomic E-state index is 11.7. The van der Waals surface area contributed by atoms with Crippen molar-refractivity contribution < 1.29 is 19.4 Å². The number of carbonyl (C=O) groups is 1. The van der Waals surface area contributed by atoms with Crippen LogP contribution >= 0.6 is 0 Å². The van der Waals surface area contributed by atoms with Gasteiger partial charge in [0.2, 0.25) is 0 Å². The molecule has 0 radical (unpaired) electrons. The first kappa shape index (κ1) is 20.7. The van der Waals surface area contributed by atoms with E-state index in [4.69, 9.17) is 9.47 Å². The number of unbranched alkanes of at least 4 members (excludes halogenated alkanes) is 7. The summed E-state index contributed by atoms with van der Waals surface area (Å²) in [6, 6.07) is 6.55. The summed E-state index contributed by atoms with van der Waals surface area (Å²) >= 11 is 0. The van der Waals surface area contributed by atoms with E-state index in [1.165, 1.54) is 50.9 Å². The molecule has 0 aliphatic carbocycles. The number of phenols is 1. The lowest BCUT2D eigenvalue weighted by atomic mass is 10.1. The van der Waals surface area contributed by atoms with Gasteiger partial charge in [-0.3, -0.25) is 0 Å². The van der Waals surface area contributed by atoms with E-state index in [9.17, 15) is 9.90 Å². The summed E-state index contributed by atoms with van der Waals surface area (Å²) in [6.07, 6.45) is 11.6. The molecule has 1 aromatic carbocycles. The van der Waals surface area contributed by atoms with Gasteiger partial charge in [0.15, 0.2) is 11.6 Å². The lowest BCUT2D eigenvalue weighted by Gasteiger charge is -2.06. The summed E-state index contributed by atoms with van der Waals surface area (Å²) in [4.78, 5) is 20.0. The minimum atomic E-state index is -0.737. The number of ether oxygens (including phenoxy) is 2. The summed E-state index contributed by atoms with van der Waals surface area (Å²) in [5, 5.41) is 9.30. The van der Waals surface area contributed by atoms with E-state index in [1.807, 2.05) is 0 Å². The van der Waals surface area contributed by atoms with E-state index >= 15 is 0 Å². The highest BCUT2D eigenvalue weighted by Gasteiger charge is 2.08. The van der Waals surface area contributed by atoms with Crippen molar-refractivity contribution in [3.05, 3.63) is 36.7 Å².